The average molecular weight is 188 g/mol. The van der Waals surface area contributed by atoms with Crippen LogP contribution in [0.5, 0.6) is 0 Å². The van der Waals surface area contributed by atoms with E-state index < -0.39 is 0 Å². The molecule has 0 amide bonds. The van der Waals surface area contributed by atoms with Gasteiger partial charge in [0.2, 0.25) is 0 Å². The summed E-state index contributed by atoms with van der Waals surface area (Å²) in [6.07, 6.45) is 8.36. The number of hydrogen-bond donors (Lipinski definition) is 0. The molecule has 0 N–H and O–H groups in total. The molecule has 1 aliphatic rings. The third kappa shape index (κ3) is 1.57. The summed E-state index contributed by atoms with van der Waals surface area (Å²) in [5.74, 6) is 0. The lowest BCUT2D eigenvalue weighted by Gasteiger charge is -2.18. The molecular formula is C12H16N2. The molecule has 0 saturated carbocycles. The predicted octanol–water partition coefficient (Wildman–Crippen LogP) is 1.13. The molecule has 0 atom stereocenters. The second-order valence-corrected chi connectivity index (χ2v) is 4.76. The number of fused-ring (bicyclic) bond motifs is 1. The molecule has 0 fully saturated rings. The van der Waals surface area contributed by atoms with Crippen molar-refractivity contribution >= 4 is 12.2 Å². The van der Waals surface area contributed by atoms with Gasteiger partial charge in [0, 0.05) is 10.6 Å². The van der Waals surface area contributed by atoms with E-state index in [0.29, 0.717) is 0 Å². The largest absolute Gasteiger partial charge is 0.240 e. The monoisotopic (exact) mass is 188 g/mol. The maximum atomic E-state index is 4.40. The van der Waals surface area contributed by atoms with E-state index in [1.54, 1.807) is 6.33 Å². The van der Waals surface area contributed by atoms with Crippen molar-refractivity contribution in [3.05, 3.63) is 22.6 Å². The Hall–Kier alpha value is -1.18. The van der Waals surface area contributed by atoms with Crippen LogP contribution >= 0.6 is 0 Å². The van der Waals surface area contributed by atoms with Crippen molar-refractivity contribution in [3.8, 4) is 0 Å². The van der Waals surface area contributed by atoms with Crippen LogP contribution in [-0.2, 0) is 5.41 Å². The molecule has 0 aliphatic heterocycles. The summed E-state index contributed by atoms with van der Waals surface area (Å²) in [6, 6.07) is 0. The molecule has 0 unspecified atom stereocenters. The van der Waals surface area contributed by atoms with Gasteiger partial charge in [0.05, 0.1) is 11.0 Å². The molecular weight excluding hydrogens is 172 g/mol. The quantitative estimate of drug-likeness (QED) is 0.610. The Kier molecular flexibility index (Phi) is 2.14. The minimum Gasteiger partial charge on any atom is -0.240 e. The van der Waals surface area contributed by atoms with Crippen molar-refractivity contribution in [1.29, 1.82) is 0 Å². The van der Waals surface area contributed by atoms with Crippen LogP contribution in [0.15, 0.2) is 6.33 Å². The predicted molar refractivity (Wildman–Crippen MR) is 58.1 cm³/mol. The van der Waals surface area contributed by atoms with Crippen LogP contribution in [0.25, 0.3) is 12.2 Å². The molecule has 0 bridgehead atoms. The molecule has 2 heteroatoms. The van der Waals surface area contributed by atoms with Gasteiger partial charge in [-0.1, -0.05) is 32.9 Å². The zero-order valence-corrected chi connectivity index (χ0v) is 9.04. The summed E-state index contributed by atoms with van der Waals surface area (Å²) in [6.45, 7) is 6.58. The molecule has 1 aromatic heterocycles. The standard InChI is InChI=1S/C12H16N2/c1-12(2,3)11-9-6-4-5-7-10(9)13-8-14-11/h6-8H,4-5H2,1-3H3. The van der Waals surface area contributed by atoms with E-state index in [9.17, 15) is 0 Å². The van der Waals surface area contributed by atoms with Crippen LogP contribution in [0.1, 0.15) is 39.3 Å². The van der Waals surface area contributed by atoms with E-state index in [2.05, 4.69) is 42.9 Å². The molecule has 0 radical (unpaired) electrons. The lowest BCUT2D eigenvalue weighted by atomic mass is 9.89. The molecule has 0 aromatic carbocycles. The highest BCUT2D eigenvalue weighted by molar-refractivity contribution is 5.38. The van der Waals surface area contributed by atoms with Crippen LogP contribution in [0.4, 0.5) is 0 Å². The zero-order chi connectivity index (χ0) is 10.2. The summed E-state index contributed by atoms with van der Waals surface area (Å²) in [5.41, 5.74) is 1.27. The summed E-state index contributed by atoms with van der Waals surface area (Å²) in [5, 5.41) is 2.35. The summed E-state index contributed by atoms with van der Waals surface area (Å²) in [7, 11) is 0. The van der Waals surface area contributed by atoms with Gasteiger partial charge in [0.15, 0.2) is 0 Å². The van der Waals surface area contributed by atoms with Crippen LogP contribution in [0.3, 0.4) is 0 Å². The highest BCUT2D eigenvalue weighted by atomic mass is 14.8. The maximum Gasteiger partial charge on any atom is 0.116 e. The molecule has 0 saturated heterocycles. The first kappa shape index (κ1) is 9.38. The van der Waals surface area contributed by atoms with Crippen molar-refractivity contribution in [3.63, 3.8) is 0 Å². The van der Waals surface area contributed by atoms with E-state index in [0.717, 1.165) is 18.2 Å². The number of rotatable bonds is 0. The first-order valence-corrected chi connectivity index (χ1v) is 5.11. The fourth-order valence-electron chi connectivity index (χ4n) is 1.82. The average Bonchev–Trinajstić information content (AvgIpc) is 2.15. The Bertz CT molecular complexity index is 452. The Morgan fingerprint density at radius 1 is 1.07 bits per heavy atom. The Labute approximate surface area is 84.4 Å². The summed E-state index contributed by atoms with van der Waals surface area (Å²) in [4.78, 5) is 8.70. The fraction of sp³-hybridized carbons (Fsp3) is 0.500. The van der Waals surface area contributed by atoms with Crippen molar-refractivity contribution in [1.82, 2.24) is 9.97 Å². The summed E-state index contributed by atoms with van der Waals surface area (Å²) < 4.78 is 0. The fourth-order valence-corrected chi connectivity index (χ4v) is 1.82. The molecule has 2 nitrogen and oxygen atoms in total. The molecule has 0 spiro atoms. The van der Waals surface area contributed by atoms with Gasteiger partial charge >= 0.3 is 0 Å². The van der Waals surface area contributed by atoms with Gasteiger partial charge in [-0.05, 0) is 12.8 Å². The van der Waals surface area contributed by atoms with Gasteiger partial charge in [0.1, 0.15) is 6.33 Å². The zero-order valence-electron chi connectivity index (χ0n) is 9.04. The van der Waals surface area contributed by atoms with Gasteiger partial charge in [-0.3, -0.25) is 0 Å². The van der Waals surface area contributed by atoms with Crippen molar-refractivity contribution in [2.24, 2.45) is 0 Å². The van der Waals surface area contributed by atoms with Crippen molar-refractivity contribution in [2.45, 2.75) is 39.0 Å². The molecule has 1 aromatic rings. The maximum absolute atomic E-state index is 4.40. The highest BCUT2D eigenvalue weighted by Crippen LogP contribution is 2.15. The topological polar surface area (TPSA) is 25.8 Å². The Balaban J connectivity index is 2.76. The molecule has 2 rings (SSSR count). The number of nitrogens with zero attached hydrogens (tertiary/aromatic N) is 2. The molecule has 1 heterocycles. The minimum absolute atomic E-state index is 0.106. The second kappa shape index (κ2) is 3.19. The van der Waals surface area contributed by atoms with Gasteiger partial charge in [0.25, 0.3) is 0 Å². The normalized spacial score (nSPS) is 15.4. The SMILES string of the molecule is CC(C)(C)c1ncnc2c1=CCCC=2. The van der Waals surface area contributed by atoms with Gasteiger partial charge in [-0.25, -0.2) is 9.97 Å². The smallest absolute Gasteiger partial charge is 0.116 e. The van der Waals surface area contributed by atoms with Crippen LogP contribution in [-0.4, -0.2) is 9.97 Å². The van der Waals surface area contributed by atoms with Gasteiger partial charge in [-0.2, -0.15) is 0 Å². The third-order valence-electron chi connectivity index (χ3n) is 2.48. The van der Waals surface area contributed by atoms with E-state index in [1.165, 1.54) is 10.9 Å². The molecule has 14 heavy (non-hydrogen) atoms. The van der Waals surface area contributed by atoms with Crippen molar-refractivity contribution in [2.75, 3.05) is 0 Å². The first-order chi connectivity index (χ1) is 6.59. The number of hydrogen-bond acceptors (Lipinski definition) is 2. The Morgan fingerprint density at radius 2 is 1.79 bits per heavy atom. The van der Waals surface area contributed by atoms with E-state index in [4.69, 9.17) is 0 Å². The lowest BCUT2D eigenvalue weighted by molar-refractivity contribution is 0.559. The van der Waals surface area contributed by atoms with Crippen LogP contribution < -0.4 is 10.6 Å². The first-order valence-electron chi connectivity index (χ1n) is 5.11. The van der Waals surface area contributed by atoms with E-state index in [-0.39, 0.29) is 5.41 Å². The third-order valence-corrected chi connectivity index (χ3v) is 2.48. The lowest BCUT2D eigenvalue weighted by Crippen LogP contribution is -2.38. The molecule has 1 aliphatic carbocycles. The summed E-state index contributed by atoms with van der Waals surface area (Å²) >= 11 is 0. The molecule has 74 valence electrons. The van der Waals surface area contributed by atoms with Crippen molar-refractivity contribution < 1.29 is 0 Å². The van der Waals surface area contributed by atoms with E-state index >= 15 is 0 Å². The second-order valence-electron chi connectivity index (χ2n) is 4.76. The number of aromatic nitrogens is 2. The van der Waals surface area contributed by atoms with Gasteiger partial charge < -0.3 is 0 Å². The van der Waals surface area contributed by atoms with Crippen LogP contribution in [0, 0.1) is 0 Å². The minimum atomic E-state index is 0.106. The highest BCUT2D eigenvalue weighted by Gasteiger charge is 2.17. The van der Waals surface area contributed by atoms with E-state index in [1.807, 2.05) is 0 Å². The Morgan fingerprint density at radius 3 is 2.50 bits per heavy atom. The van der Waals surface area contributed by atoms with Crippen LogP contribution in [0.2, 0.25) is 0 Å². The van der Waals surface area contributed by atoms with Gasteiger partial charge in [-0.15, -0.1) is 0 Å².